The van der Waals surface area contributed by atoms with E-state index in [4.69, 9.17) is 32.7 Å². The third-order valence-electron chi connectivity index (χ3n) is 2.12. The van der Waals surface area contributed by atoms with Crippen LogP contribution in [0.4, 0.5) is 0 Å². The van der Waals surface area contributed by atoms with Gasteiger partial charge in [0.25, 0.3) is 0 Å². The summed E-state index contributed by atoms with van der Waals surface area (Å²) in [4.78, 5) is 0. The van der Waals surface area contributed by atoms with Gasteiger partial charge in [-0.2, -0.15) is 0 Å². The Morgan fingerprint density at radius 2 is 1.93 bits per heavy atom. The third-order valence-corrected chi connectivity index (χ3v) is 2.81. The Bertz CT molecular complexity index is 140. The monoisotopic (exact) mass is 242 g/mol. The summed E-state index contributed by atoms with van der Waals surface area (Å²) < 4.78 is 9.60. The molecule has 0 aliphatic rings. The van der Waals surface area contributed by atoms with Gasteiger partial charge in [0.05, 0.1) is 6.10 Å². The number of halogens is 2. The minimum Gasteiger partial charge on any atom is -0.385 e. The van der Waals surface area contributed by atoms with Gasteiger partial charge in [-0.3, -0.25) is 0 Å². The normalized spacial score (nSPS) is 14.4. The molecule has 0 aromatic carbocycles. The second kappa shape index (κ2) is 7.75. The number of ether oxygens (including phenoxy) is 2. The third kappa shape index (κ3) is 6.88. The molecule has 0 radical (unpaired) electrons. The van der Waals surface area contributed by atoms with Crippen LogP contribution in [0, 0.1) is 0 Å². The maximum absolute atomic E-state index is 6.13. The van der Waals surface area contributed by atoms with Crippen LogP contribution in [-0.4, -0.2) is 31.3 Å². The lowest BCUT2D eigenvalue weighted by Gasteiger charge is -2.24. The molecule has 0 N–H and O–H groups in total. The van der Waals surface area contributed by atoms with Gasteiger partial charge in [-0.05, 0) is 12.8 Å². The standard InChI is InChI=1S/C10H20Cl2O2/c1-4-6-10(11,12)8-9(14-3)5-7-13-2/h9H,4-8H2,1-3H3. The average Bonchev–Trinajstić information content (AvgIpc) is 2.12. The Balaban J connectivity index is 3.89. The molecule has 2 nitrogen and oxygen atoms in total. The molecular weight excluding hydrogens is 223 g/mol. The predicted molar refractivity (Wildman–Crippen MR) is 61.3 cm³/mol. The zero-order valence-electron chi connectivity index (χ0n) is 9.19. The van der Waals surface area contributed by atoms with Crippen LogP contribution in [0.3, 0.4) is 0 Å². The molecule has 0 aromatic heterocycles. The van der Waals surface area contributed by atoms with E-state index in [2.05, 4.69) is 6.92 Å². The minimum absolute atomic E-state index is 0.0801. The highest BCUT2D eigenvalue weighted by Gasteiger charge is 2.27. The van der Waals surface area contributed by atoms with Gasteiger partial charge in [-0.15, -0.1) is 23.2 Å². The first-order chi connectivity index (χ1) is 6.55. The van der Waals surface area contributed by atoms with Crippen LogP contribution in [0.15, 0.2) is 0 Å². The second-order valence-electron chi connectivity index (χ2n) is 3.45. The van der Waals surface area contributed by atoms with Crippen LogP contribution in [-0.2, 0) is 9.47 Å². The quantitative estimate of drug-likeness (QED) is 0.608. The Kier molecular flexibility index (Phi) is 8.02. The molecule has 0 heterocycles. The van der Waals surface area contributed by atoms with Crippen molar-refractivity contribution in [2.75, 3.05) is 20.8 Å². The molecule has 0 fully saturated rings. The lowest BCUT2D eigenvalue weighted by atomic mass is 10.1. The Morgan fingerprint density at radius 1 is 1.29 bits per heavy atom. The summed E-state index contributed by atoms with van der Waals surface area (Å²) in [7, 11) is 3.35. The molecule has 0 rings (SSSR count). The van der Waals surface area contributed by atoms with Gasteiger partial charge < -0.3 is 9.47 Å². The van der Waals surface area contributed by atoms with Crippen molar-refractivity contribution in [1.82, 2.24) is 0 Å². The van der Waals surface area contributed by atoms with Crippen molar-refractivity contribution in [1.29, 1.82) is 0 Å². The molecule has 0 aromatic rings. The zero-order valence-corrected chi connectivity index (χ0v) is 10.7. The van der Waals surface area contributed by atoms with Crippen LogP contribution >= 0.6 is 23.2 Å². The van der Waals surface area contributed by atoms with Crippen LogP contribution in [0.25, 0.3) is 0 Å². The highest BCUT2D eigenvalue weighted by molar-refractivity contribution is 6.48. The molecule has 0 saturated carbocycles. The van der Waals surface area contributed by atoms with Gasteiger partial charge >= 0.3 is 0 Å². The Hall–Kier alpha value is 0.500. The van der Waals surface area contributed by atoms with E-state index in [0.29, 0.717) is 13.0 Å². The molecule has 0 spiro atoms. The fourth-order valence-electron chi connectivity index (χ4n) is 1.35. The van der Waals surface area contributed by atoms with Crippen LogP contribution in [0.5, 0.6) is 0 Å². The first kappa shape index (κ1) is 14.5. The number of methoxy groups -OCH3 is 2. The lowest BCUT2D eigenvalue weighted by molar-refractivity contribution is 0.0575. The average molecular weight is 243 g/mol. The van der Waals surface area contributed by atoms with Crippen molar-refractivity contribution in [3.63, 3.8) is 0 Å². The van der Waals surface area contributed by atoms with Gasteiger partial charge in [-0.25, -0.2) is 0 Å². The summed E-state index contributed by atoms with van der Waals surface area (Å²) >= 11 is 12.3. The van der Waals surface area contributed by atoms with Crippen molar-refractivity contribution in [2.24, 2.45) is 0 Å². The topological polar surface area (TPSA) is 18.5 Å². The molecule has 0 aliphatic heterocycles. The van der Waals surface area contributed by atoms with Crippen LogP contribution in [0.1, 0.15) is 32.6 Å². The van der Waals surface area contributed by atoms with Gasteiger partial charge in [0, 0.05) is 27.2 Å². The first-order valence-electron chi connectivity index (χ1n) is 4.95. The van der Waals surface area contributed by atoms with Crippen molar-refractivity contribution in [2.45, 2.75) is 43.0 Å². The van der Waals surface area contributed by atoms with Gasteiger partial charge in [0.15, 0.2) is 0 Å². The number of alkyl halides is 2. The van der Waals surface area contributed by atoms with E-state index in [-0.39, 0.29) is 6.10 Å². The molecule has 0 aliphatic carbocycles. The molecule has 1 atom stereocenters. The summed E-state index contributed by atoms with van der Waals surface area (Å²) in [5, 5.41) is 0. The van der Waals surface area contributed by atoms with E-state index in [1.165, 1.54) is 0 Å². The van der Waals surface area contributed by atoms with E-state index >= 15 is 0 Å². The van der Waals surface area contributed by atoms with Crippen LogP contribution in [0.2, 0.25) is 0 Å². The SMILES string of the molecule is CCCC(Cl)(Cl)CC(CCOC)OC. The molecular formula is C10H20Cl2O2. The largest absolute Gasteiger partial charge is 0.385 e. The molecule has 1 unspecified atom stereocenters. The van der Waals surface area contributed by atoms with E-state index < -0.39 is 4.33 Å². The van der Waals surface area contributed by atoms with Crippen molar-refractivity contribution >= 4 is 23.2 Å². The van der Waals surface area contributed by atoms with Gasteiger partial charge in [0.1, 0.15) is 4.33 Å². The number of hydrogen-bond acceptors (Lipinski definition) is 2. The van der Waals surface area contributed by atoms with Crippen molar-refractivity contribution in [3.05, 3.63) is 0 Å². The smallest absolute Gasteiger partial charge is 0.120 e. The summed E-state index contributed by atoms with van der Waals surface area (Å²) in [6.45, 7) is 2.74. The highest BCUT2D eigenvalue weighted by atomic mass is 35.5. The maximum Gasteiger partial charge on any atom is 0.120 e. The fraction of sp³-hybridized carbons (Fsp3) is 1.00. The number of rotatable bonds is 8. The minimum atomic E-state index is -0.664. The fourth-order valence-corrected chi connectivity index (χ4v) is 2.08. The van der Waals surface area contributed by atoms with E-state index in [1.54, 1.807) is 14.2 Å². The molecule has 0 saturated heterocycles. The zero-order chi connectivity index (χ0) is 11.0. The lowest BCUT2D eigenvalue weighted by Crippen LogP contribution is -2.24. The van der Waals surface area contributed by atoms with Crippen molar-refractivity contribution in [3.8, 4) is 0 Å². The molecule has 14 heavy (non-hydrogen) atoms. The van der Waals surface area contributed by atoms with E-state index in [1.807, 2.05) is 0 Å². The van der Waals surface area contributed by atoms with Gasteiger partial charge in [0.2, 0.25) is 0 Å². The summed E-state index contributed by atoms with van der Waals surface area (Å²) in [6.07, 6.45) is 3.34. The molecule has 0 amide bonds. The summed E-state index contributed by atoms with van der Waals surface area (Å²) in [5.41, 5.74) is 0. The second-order valence-corrected chi connectivity index (χ2v) is 5.09. The maximum atomic E-state index is 6.13. The predicted octanol–water partition coefficient (Wildman–Crippen LogP) is 3.40. The van der Waals surface area contributed by atoms with Crippen molar-refractivity contribution < 1.29 is 9.47 Å². The number of hydrogen-bond donors (Lipinski definition) is 0. The van der Waals surface area contributed by atoms with E-state index in [9.17, 15) is 0 Å². The highest BCUT2D eigenvalue weighted by Crippen LogP contribution is 2.33. The molecule has 86 valence electrons. The van der Waals surface area contributed by atoms with Gasteiger partial charge in [-0.1, -0.05) is 13.3 Å². The Labute approximate surface area is 96.9 Å². The summed E-state index contributed by atoms with van der Waals surface area (Å²) in [6, 6.07) is 0. The Morgan fingerprint density at radius 3 is 2.36 bits per heavy atom. The van der Waals surface area contributed by atoms with Crippen LogP contribution < -0.4 is 0 Å². The van der Waals surface area contributed by atoms with E-state index in [0.717, 1.165) is 19.3 Å². The molecule has 0 bridgehead atoms. The first-order valence-corrected chi connectivity index (χ1v) is 5.71. The summed E-state index contributed by atoms with van der Waals surface area (Å²) in [5.74, 6) is 0. The molecule has 4 heteroatoms.